The van der Waals surface area contributed by atoms with Gasteiger partial charge in [-0.05, 0) is 30.7 Å². The maximum Gasteiger partial charge on any atom is 0.421 e. The van der Waals surface area contributed by atoms with Crippen molar-refractivity contribution in [2.75, 3.05) is 6.61 Å². The van der Waals surface area contributed by atoms with E-state index in [0.29, 0.717) is 0 Å². The highest BCUT2D eigenvalue weighted by molar-refractivity contribution is 7.90. The van der Waals surface area contributed by atoms with E-state index in [2.05, 4.69) is 0 Å². The zero-order chi connectivity index (χ0) is 19.4. The number of sulfonamides is 1. The first-order chi connectivity index (χ1) is 12.1. The molecule has 9 heteroatoms. The fourth-order valence-corrected chi connectivity index (χ4v) is 3.07. The van der Waals surface area contributed by atoms with E-state index in [4.69, 9.17) is 4.74 Å². The number of ether oxygens (including phenoxy) is 1. The lowest BCUT2D eigenvalue weighted by Crippen LogP contribution is -2.31. The van der Waals surface area contributed by atoms with Gasteiger partial charge >= 0.3 is 12.3 Å². The van der Waals surface area contributed by atoms with E-state index < -0.39 is 34.5 Å². The number of nitrogens with one attached hydrogen (secondary N) is 1. The molecule has 26 heavy (non-hydrogen) atoms. The van der Waals surface area contributed by atoms with Gasteiger partial charge in [-0.15, -0.1) is 0 Å². The van der Waals surface area contributed by atoms with Crippen LogP contribution in [0.25, 0.3) is 0 Å². The Balaban J connectivity index is 1.95. The first kappa shape index (κ1) is 19.8. The third kappa shape index (κ3) is 5.22. The van der Waals surface area contributed by atoms with E-state index in [9.17, 15) is 26.4 Å². The quantitative estimate of drug-likeness (QED) is 0.850. The number of carbonyl (C=O) groups is 1. The molecule has 0 saturated heterocycles. The fourth-order valence-electron chi connectivity index (χ4n) is 2.18. The number of hydrogen-bond acceptors (Lipinski definition) is 4. The highest BCUT2D eigenvalue weighted by atomic mass is 32.2. The summed E-state index contributed by atoms with van der Waals surface area (Å²) in [5.74, 6) is 0. The monoisotopic (exact) mass is 387 g/mol. The van der Waals surface area contributed by atoms with Crippen molar-refractivity contribution in [1.82, 2.24) is 4.72 Å². The molecule has 5 nitrogen and oxygen atoms in total. The second-order valence-electron chi connectivity index (χ2n) is 5.46. The van der Waals surface area contributed by atoms with Gasteiger partial charge in [0.15, 0.2) is 0 Å². The number of amides is 1. The summed E-state index contributed by atoms with van der Waals surface area (Å²) in [5, 5.41) is 0. The fraction of sp³-hybridized carbons (Fsp3) is 0.235. The zero-order valence-electron chi connectivity index (χ0n) is 13.7. The third-order valence-corrected chi connectivity index (χ3v) is 4.80. The van der Waals surface area contributed by atoms with Crippen LogP contribution >= 0.6 is 0 Å². The Morgan fingerprint density at radius 3 is 2.31 bits per heavy atom. The first-order valence-corrected chi connectivity index (χ1v) is 8.99. The van der Waals surface area contributed by atoms with Gasteiger partial charge in [-0.25, -0.2) is 17.9 Å². The average Bonchev–Trinajstić information content (AvgIpc) is 2.54. The van der Waals surface area contributed by atoms with Crippen LogP contribution in [-0.4, -0.2) is 21.1 Å². The van der Waals surface area contributed by atoms with Crippen molar-refractivity contribution in [2.45, 2.75) is 24.4 Å². The van der Waals surface area contributed by atoms with Crippen LogP contribution in [0.2, 0.25) is 0 Å². The lowest BCUT2D eigenvalue weighted by atomic mass is 10.0. The van der Waals surface area contributed by atoms with E-state index in [1.807, 2.05) is 0 Å². The molecule has 2 aromatic carbocycles. The van der Waals surface area contributed by atoms with Crippen molar-refractivity contribution in [2.24, 2.45) is 0 Å². The largest absolute Gasteiger partial charge is 0.448 e. The van der Waals surface area contributed by atoms with Crippen molar-refractivity contribution >= 4 is 16.1 Å². The molecular weight excluding hydrogens is 371 g/mol. The highest BCUT2D eigenvalue weighted by Crippen LogP contribution is 2.31. The van der Waals surface area contributed by atoms with Crippen LogP contribution in [0.15, 0.2) is 53.4 Å². The molecule has 0 atom stereocenters. The molecule has 1 amide bonds. The van der Waals surface area contributed by atoms with E-state index in [0.717, 1.165) is 11.6 Å². The lowest BCUT2D eigenvalue weighted by Gasteiger charge is -2.13. The Morgan fingerprint density at radius 2 is 1.69 bits per heavy atom. The summed E-state index contributed by atoms with van der Waals surface area (Å²) >= 11 is 0. The SMILES string of the molecule is Cc1ccc(S(=O)(=O)NC(=O)OCCc2ccccc2C(F)(F)F)cc1. The second-order valence-corrected chi connectivity index (χ2v) is 7.14. The van der Waals surface area contributed by atoms with Gasteiger partial charge in [-0.2, -0.15) is 13.2 Å². The van der Waals surface area contributed by atoms with E-state index in [1.54, 1.807) is 23.8 Å². The summed E-state index contributed by atoms with van der Waals surface area (Å²) in [4.78, 5) is 11.5. The van der Waals surface area contributed by atoms with E-state index >= 15 is 0 Å². The molecule has 0 aliphatic carbocycles. The van der Waals surface area contributed by atoms with Gasteiger partial charge in [0.1, 0.15) is 0 Å². The Labute approximate surface area is 148 Å². The predicted octanol–water partition coefficient (Wildman–Crippen LogP) is 3.67. The molecule has 2 rings (SSSR count). The van der Waals surface area contributed by atoms with E-state index in [-0.39, 0.29) is 16.9 Å². The summed E-state index contributed by atoms with van der Waals surface area (Å²) < 4.78 is 69.1. The van der Waals surface area contributed by atoms with Crippen LogP contribution in [0.1, 0.15) is 16.7 Å². The van der Waals surface area contributed by atoms with Crippen LogP contribution < -0.4 is 4.72 Å². The van der Waals surface area contributed by atoms with Crippen molar-refractivity contribution < 1.29 is 31.1 Å². The molecule has 0 aliphatic heterocycles. The number of aryl methyl sites for hydroxylation is 1. The maximum atomic E-state index is 12.9. The molecule has 0 saturated carbocycles. The number of hydrogen-bond donors (Lipinski definition) is 1. The number of alkyl halides is 3. The second kappa shape index (κ2) is 7.77. The smallest absolute Gasteiger partial charge is 0.421 e. The summed E-state index contributed by atoms with van der Waals surface area (Å²) in [6.45, 7) is 1.37. The van der Waals surface area contributed by atoms with Gasteiger partial charge in [0.05, 0.1) is 17.1 Å². The Kier molecular flexibility index (Phi) is 5.91. The van der Waals surface area contributed by atoms with E-state index in [1.165, 1.54) is 30.3 Å². The van der Waals surface area contributed by atoms with Gasteiger partial charge in [0.2, 0.25) is 0 Å². The van der Waals surface area contributed by atoms with Crippen molar-refractivity contribution in [1.29, 1.82) is 0 Å². The minimum atomic E-state index is -4.52. The number of carbonyl (C=O) groups excluding carboxylic acids is 1. The molecule has 0 aliphatic rings. The predicted molar refractivity (Wildman–Crippen MR) is 88.0 cm³/mol. The minimum Gasteiger partial charge on any atom is -0.448 e. The van der Waals surface area contributed by atoms with Crippen LogP contribution in [0.3, 0.4) is 0 Å². The Morgan fingerprint density at radius 1 is 1.08 bits per heavy atom. The van der Waals surface area contributed by atoms with Gasteiger partial charge in [0, 0.05) is 6.42 Å². The molecule has 0 heterocycles. The summed E-state index contributed by atoms with van der Waals surface area (Å²) in [7, 11) is -4.11. The van der Waals surface area contributed by atoms with Crippen LogP contribution in [0.5, 0.6) is 0 Å². The highest BCUT2D eigenvalue weighted by Gasteiger charge is 2.32. The lowest BCUT2D eigenvalue weighted by molar-refractivity contribution is -0.138. The molecule has 0 fully saturated rings. The molecule has 140 valence electrons. The van der Waals surface area contributed by atoms with Crippen LogP contribution in [-0.2, 0) is 27.4 Å². The topological polar surface area (TPSA) is 72.5 Å². The summed E-state index contributed by atoms with van der Waals surface area (Å²) in [6, 6.07) is 10.7. The van der Waals surface area contributed by atoms with Gasteiger partial charge in [-0.1, -0.05) is 35.9 Å². The molecule has 0 bridgehead atoms. The number of benzene rings is 2. The molecule has 0 unspecified atom stereocenters. The first-order valence-electron chi connectivity index (χ1n) is 7.51. The van der Waals surface area contributed by atoms with Gasteiger partial charge < -0.3 is 4.74 Å². The third-order valence-electron chi connectivity index (χ3n) is 3.48. The maximum absolute atomic E-state index is 12.9. The standard InChI is InChI=1S/C17H16F3NO4S/c1-12-6-8-14(9-7-12)26(23,24)21-16(22)25-11-10-13-4-2-3-5-15(13)17(18,19)20/h2-9H,10-11H2,1H3,(H,21,22). The Bertz CT molecular complexity index is 878. The van der Waals surface area contributed by atoms with Crippen molar-refractivity contribution in [3.63, 3.8) is 0 Å². The number of rotatable bonds is 5. The summed E-state index contributed by atoms with van der Waals surface area (Å²) in [5.41, 5.74) is -0.0275. The molecule has 0 aromatic heterocycles. The molecule has 0 spiro atoms. The van der Waals surface area contributed by atoms with Crippen LogP contribution in [0, 0.1) is 6.92 Å². The Hall–Kier alpha value is -2.55. The zero-order valence-corrected chi connectivity index (χ0v) is 14.5. The molecule has 1 N–H and O–H groups in total. The molecule has 2 aromatic rings. The van der Waals surface area contributed by atoms with Crippen molar-refractivity contribution in [3.05, 3.63) is 65.2 Å². The van der Waals surface area contributed by atoms with Gasteiger partial charge in [-0.3, -0.25) is 0 Å². The number of halogens is 3. The molecular formula is C17H16F3NO4S. The summed E-state index contributed by atoms with van der Waals surface area (Å²) in [6.07, 6.45) is -5.98. The molecule has 0 radical (unpaired) electrons. The minimum absolute atomic E-state index is 0.0470. The average molecular weight is 387 g/mol. The van der Waals surface area contributed by atoms with Gasteiger partial charge in [0.25, 0.3) is 10.0 Å². The van der Waals surface area contributed by atoms with Crippen molar-refractivity contribution in [3.8, 4) is 0 Å². The van der Waals surface area contributed by atoms with Crippen LogP contribution in [0.4, 0.5) is 18.0 Å². The normalized spacial score (nSPS) is 11.8.